The predicted octanol–water partition coefficient (Wildman–Crippen LogP) is 3.39. The Bertz CT molecular complexity index is 1400. The van der Waals surface area contributed by atoms with Crippen LogP contribution in [0.3, 0.4) is 0 Å². The highest BCUT2D eigenvalue weighted by Crippen LogP contribution is 2.32. The van der Waals surface area contributed by atoms with Gasteiger partial charge < -0.3 is 30.7 Å². The van der Waals surface area contributed by atoms with Gasteiger partial charge in [-0.15, -0.1) is 11.3 Å². The molecule has 41 heavy (non-hydrogen) atoms. The van der Waals surface area contributed by atoms with Crippen LogP contribution in [0.4, 0.5) is 4.39 Å². The van der Waals surface area contributed by atoms with Gasteiger partial charge >= 0.3 is 0 Å². The van der Waals surface area contributed by atoms with Gasteiger partial charge in [0.2, 0.25) is 11.8 Å². The Morgan fingerprint density at radius 2 is 1.83 bits per heavy atom. The molecule has 0 spiro atoms. The number of benzene rings is 2. The van der Waals surface area contributed by atoms with Gasteiger partial charge in [-0.05, 0) is 49.4 Å². The van der Waals surface area contributed by atoms with E-state index in [2.05, 4.69) is 10.6 Å². The molecule has 0 aliphatic carbocycles. The number of nitrogens with two attached hydrogens (primary N) is 1. The van der Waals surface area contributed by atoms with Gasteiger partial charge in [-0.2, -0.15) is 0 Å². The number of carbonyl (C=O) groups is 3. The minimum Gasteiger partial charge on any atom is -0.457 e. The third kappa shape index (κ3) is 7.47. The summed E-state index contributed by atoms with van der Waals surface area (Å²) in [7, 11) is 1.35. The monoisotopic (exact) mass is 581 g/mol. The number of amidine groups is 1. The number of hydrogen-bond acceptors (Lipinski definition) is 7. The summed E-state index contributed by atoms with van der Waals surface area (Å²) in [5.74, 6) is -0.510. The molecule has 0 radical (unpaired) electrons. The van der Waals surface area contributed by atoms with Crippen LogP contribution in [-0.4, -0.2) is 67.0 Å². The lowest BCUT2D eigenvalue weighted by Gasteiger charge is -2.25. The van der Waals surface area contributed by atoms with Crippen molar-refractivity contribution in [2.45, 2.75) is 31.1 Å². The zero-order valence-electron chi connectivity index (χ0n) is 22.7. The smallest absolute Gasteiger partial charge is 0.251 e. The van der Waals surface area contributed by atoms with E-state index in [1.807, 2.05) is 30.3 Å². The van der Waals surface area contributed by atoms with Crippen molar-refractivity contribution in [3.05, 3.63) is 82.0 Å². The number of halogens is 1. The first-order valence-corrected chi connectivity index (χ1v) is 13.8. The molecule has 0 saturated carbocycles. The van der Waals surface area contributed by atoms with Crippen LogP contribution in [0.25, 0.3) is 0 Å². The first-order valence-electron chi connectivity index (χ1n) is 12.9. The normalized spacial score (nSPS) is 18.9. The molecule has 3 aromatic rings. The number of thiophene rings is 1. The van der Waals surface area contributed by atoms with Gasteiger partial charge in [-0.1, -0.05) is 18.2 Å². The lowest BCUT2D eigenvalue weighted by atomic mass is 10.0. The number of ether oxygens (including phenoxy) is 2. The van der Waals surface area contributed by atoms with Crippen molar-refractivity contribution >= 4 is 34.9 Å². The third-order valence-corrected chi connectivity index (χ3v) is 7.74. The number of hydrogen-bond donors (Lipinski definition) is 4. The topological polar surface area (TPSA) is 147 Å². The highest BCUT2D eigenvalue weighted by atomic mass is 32.1. The maximum absolute atomic E-state index is 15.5. The van der Waals surface area contributed by atoms with Crippen LogP contribution >= 0.6 is 11.3 Å². The van der Waals surface area contributed by atoms with Gasteiger partial charge in [-0.25, -0.2) is 4.39 Å². The molecule has 1 saturated heterocycles. The summed E-state index contributed by atoms with van der Waals surface area (Å²) >= 11 is 1.33. The van der Waals surface area contributed by atoms with Crippen LogP contribution in [0.5, 0.6) is 11.5 Å². The fraction of sp³-hybridized carbons (Fsp3) is 0.310. The second-order valence-electron chi connectivity index (χ2n) is 9.83. The van der Waals surface area contributed by atoms with Crippen LogP contribution in [0, 0.1) is 5.41 Å². The van der Waals surface area contributed by atoms with Crippen molar-refractivity contribution in [3.63, 3.8) is 0 Å². The lowest BCUT2D eigenvalue weighted by Crippen LogP contribution is -2.49. The average molecular weight is 582 g/mol. The fourth-order valence-electron chi connectivity index (χ4n) is 4.56. The van der Waals surface area contributed by atoms with Crippen LogP contribution in [0.1, 0.15) is 40.2 Å². The maximum Gasteiger partial charge on any atom is 0.251 e. The summed E-state index contributed by atoms with van der Waals surface area (Å²) in [4.78, 5) is 41.0. The van der Waals surface area contributed by atoms with Crippen LogP contribution in [-0.2, 0) is 14.3 Å². The van der Waals surface area contributed by atoms with E-state index >= 15 is 4.39 Å². The largest absolute Gasteiger partial charge is 0.457 e. The second kappa shape index (κ2) is 12.9. The summed E-state index contributed by atoms with van der Waals surface area (Å²) in [5, 5.41) is 14.7. The van der Waals surface area contributed by atoms with Crippen LogP contribution in [0.2, 0.25) is 0 Å². The molecule has 2 heterocycles. The standard InChI is InChI=1S/C29H32FN5O5S/c1-18(24-12-20(15-41-24)26(31)32)34-28(38)23-13-29(30,17-39-2)16-35(23)25(36)14-33-27(37)19-8-10-22(11-9-19)40-21-6-4-3-5-7-21/h3-12,15,18,23H,13-14,16-17H2,1-2H3,(H3,31,32)(H,33,37)(H,34,38)/t18-,23+,29-/m1/s1. The Morgan fingerprint density at radius 1 is 1.15 bits per heavy atom. The Morgan fingerprint density at radius 3 is 2.46 bits per heavy atom. The van der Waals surface area contributed by atoms with E-state index in [4.69, 9.17) is 20.6 Å². The van der Waals surface area contributed by atoms with Gasteiger partial charge in [0.15, 0.2) is 5.67 Å². The number of nitrogens with one attached hydrogen (secondary N) is 3. The van der Waals surface area contributed by atoms with E-state index in [-0.39, 0.29) is 25.4 Å². The molecule has 2 aromatic carbocycles. The molecule has 1 aliphatic heterocycles. The number of nitrogens with zero attached hydrogens (tertiary/aromatic N) is 1. The van der Waals surface area contributed by atoms with E-state index in [0.717, 1.165) is 9.78 Å². The van der Waals surface area contributed by atoms with Gasteiger partial charge in [0.1, 0.15) is 23.4 Å². The zero-order chi connectivity index (χ0) is 29.6. The molecule has 3 amide bonds. The molecular weight excluding hydrogens is 549 g/mol. The summed E-state index contributed by atoms with van der Waals surface area (Å²) in [6.07, 6.45) is -0.245. The SMILES string of the molecule is COC[C@@]1(F)C[C@@H](C(=O)N[C@H](C)c2cc(C(=N)N)cs2)N(C(=O)CNC(=O)c2ccc(Oc3ccccc3)cc2)C1. The van der Waals surface area contributed by atoms with Crippen molar-refractivity contribution in [3.8, 4) is 11.5 Å². The Labute approximate surface area is 241 Å². The molecule has 5 N–H and O–H groups in total. The summed E-state index contributed by atoms with van der Waals surface area (Å²) < 4.78 is 26.2. The Kier molecular flexibility index (Phi) is 9.35. The van der Waals surface area contributed by atoms with Crippen molar-refractivity contribution in [2.24, 2.45) is 5.73 Å². The number of para-hydroxylation sites is 1. The third-order valence-electron chi connectivity index (χ3n) is 6.63. The first-order chi connectivity index (χ1) is 19.6. The predicted molar refractivity (Wildman–Crippen MR) is 153 cm³/mol. The Balaban J connectivity index is 1.38. The Hall–Kier alpha value is -4.29. The highest BCUT2D eigenvalue weighted by molar-refractivity contribution is 7.10. The molecule has 4 rings (SSSR count). The minimum absolute atomic E-state index is 0.0844. The van der Waals surface area contributed by atoms with Gasteiger partial charge in [0.25, 0.3) is 5.91 Å². The number of methoxy groups -OCH3 is 1. The van der Waals surface area contributed by atoms with Crippen LogP contribution < -0.4 is 21.1 Å². The number of amides is 3. The maximum atomic E-state index is 15.5. The summed E-state index contributed by atoms with van der Waals surface area (Å²) in [5.41, 5.74) is 4.46. The minimum atomic E-state index is -1.92. The first kappa shape index (κ1) is 29.7. The molecular formula is C29H32FN5O5S. The quantitative estimate of drug-likeness (QED) is 0.202. The van der Waals surface area contributed by atoms with E-state index in [0.29, 0.717) is 22.6 Å². The molecule has 1 aliphatic rings. The van der Waals surface area contributed by atoms with Crippen molar-refractivity contribution < 1.29 is 28.2 Å². The molecule has 1 fully saturated rings. The molecule has 12 heteroatoms. The van der Waals surface area contributed by atoms with Crippen molar-refractivity contribution in [1.29, 1.82) is 5.41 Å². The van der Waals surface area contributed by atoms with E-state index in [9.17, 15) is 14.4 Å². The van der Waals surface area contributed by atoms with E-state index < -0.39 is 42.0 Å². The fourth-order valence-corrected chi connectivity index (χ4v) is 5.47. The van der Waals surface area contributed by atoms with E-state index in [1.165, 1.54) is 18.4 Å². The molecule has 0 unspecified atom stereocenters. The van der Waals surface area contributed by atoms with Crippen LogP contribution in [0.15, 0.2) is 66.0 Å². The number of likely N-dealkylation sites (tertiary alicyclic amines) is 1. The summed E-state index contributed by atoms with van der Waals surface area (Å²) in [6.45, 7) is 0.702. The van der Waals surface area contributed by atoms with E-state index in [1.54, 1.807) is 42.6 Å². The number of rotatable bonds is 11. The van der Waals surface area contributed by atoms with Gasteiger partial charge in [-0.3, -0.25) is 19.8 Å². The number of nitrogen functional groups attached to an aromatic ring is 1. The highest BCUT2D eigenvalue weighted by Gasteiger charge is 2.49. The van der Waals surface area contributed by atoms with Gasteiger partial charge in [0.05, 0.1) is 25.7 Å². The number of alkyl halides is 1. The van der Waals surface area contributed by atoms with Crippen molar-refractivity contribution in [1.82, 2.24) is 15.5 Å². The molecule has 0 bridgehead atoms. The zero-order valence-corrected chi connectivity index (χ0v) is 23.5. The number of carbonyl (C=O) groups excluding carboxylic acids is 3. The molecule has 10 nitrogen and oxygen atoms in total. The van der Waals surface area contributed by atoms with Gasteiger partial charge in [0, 0.05) is 34.9 Å². The molecule has 1 aromatic heterocycles. The molecule has 3 atom stereocenters. The second-order valence-corrected chi connectivity index (χ2v) is 10.8. The molecule has 216 valence electrons. The summed E-state index contributed by atoms with van der Waals surface area (Å²) in [6, 6.07) is 15.8. The lowest BCUT2D eigenvalue weighted by molar-refractivity contribution is -0.138. The average Bonchev–Trinajstić information content (AvgIpc) is 3.59. The van der Waals surface area contributed by atoms with Crippen molar-refractivity contribution in [2.75, 3.05) is 26.8 Å².